The van der Waals surface area contributed by atoms with E-state index in [1.165, 1.54) is 24.6 Å². The van der Waals surface area contributed by atoms with E-state index in [1.54, 1.807) is 0 Å². The molecule has 0 atom stereocenters. The first kappa shape index (κ1) is 16.7. The molecule has 24 heavy (non-hydrogen) atoms. The highest BCUT2D eigenvalue weighted by Crippen LogP contribution is 2.25. The Kier molecular flexibility index (Phi) is 5.34. The van der Waals surface area contributed by atoms with Crippen molar-refractivity contribution in [2.45, 2.75) is 43.6 Å². The van der Waals surface area contributed by atoms with Gasteiger partial charge in [0, 0.05) is 5.56 Å². The van der Waals surface area contributed by atoms with Crippen molar-refractivity contribution in [3.63, 3.8) is 0 Å². The van der Waals surface area contributed by atoms with Crippen LogP contribution in [0.2, 0.25) is 0 Å². The third-order valence-electron chi connectivity index (χ3n) is 4.19. The number of benzene rings is 1. The van der Waals surface area contributed by atoms with Crippen molar-refractivity contribution in [3.8, 4) is 17.3 Å². The van der Waals surface area contributed by atoms with Gasteiger partial charge in [-0.25, -0.2) is 4.98 Å². The van der Waals surface area contributed by atoms with Gasteiger partial charge in [-0.1, -0.05) is 42.8 Å². The van der Waals surface area contributed by atoms with E-state index in [0.29, 0.717) is 23.6 Å². The molecule has 1 saturated carbocycles. The zero-order chi connectivity index (χ0) is 16.9. The van der Waals surface area contributed by atoms with Gasteiger partial charge in [0.2, 0.25) is 0 Å². The molecule has 0 unspecified atom stereocenters. The van der Waals surface area contributed by atoms with Crippen LogP contribution < -0.4 is 5.56 Å². The number of ether oxygens (including phenoxy) is 1. The summed E-state index contributed by atoms with van der Waals surface area (Å²) in [7, 11) is 0. The Balaban J connectivity index is 1.89. The lowest BCUT2D eigenvalue weighted by atomic mass is 10.1. The molecule has 0 spiro atoms. The number of nitrogens with one attached hydrogen (secondary N) is 1. The molecule has 0 amide bonds. The fourth-order valence-electron chi connectivity index (χ4n) is 2.94. The van der Waals surface area contributed by atoms with Gasteiger partial charge in [0.05, 0.1) is 18.4 Å². The topological polar surface area (TPSA) is 78.8 Å². The molecule has 1 fully saturated rings. The lowest BCUT2D eigenvalue weighted by Crippen LogP contribution is -2.14. The Morgan fingerprint density at radius 1 is 1.42 bits per heavy atom. The van der Waals surface area contributed by atoms with Crippen LogP contribution >= 0.6 is 11.8 Å². The number of aromatic amines is 1. The van der Waals surface area contributed by atoms with Gasteiger partial charge in [0.1, 0.15) is 11.6 Å². The molecule has 1 aliphatic rings. The average molecular weight is 341 g/mol. The lowest BCUT2D eigenvalue weighted by Gasteiger charge is -2.12. The Morgan fingerprint density at radius 2 is 2.21 bits per heavy atom. The number of hydrogen-bond acceptors (Lipinski definition) is 5. The zero-order valence-electron chi connectivity index (χ0n) is 13.5. The first-order chi connectivity index (χ1) is 11.7. The van der Waals surface area contributed by atoms with E-state index in [4.69, 9.17) is 4.74 Å². The highest BCUT2D eigenvalue weighted by molar-refractivity contribution is 7.98. The quantitative estimate of drug-likeness (QED) is 0.665. The highest BCUT2D eigenvalue weighted by atomic mass is 32.2. The van der Waals surface area contributed by atoms with Crippen molar-refractivity contribution in [1.29, 1.82) is 5.26 Å². The summed E-state index contributed by atoms with van der Waals surface area (Å²) in [5, 5.41) is 9.80. The Labute approximate surface area is 145 Å². The maximum atomic E-state index is 12.1. The monoisotopic (exact) mass is 341 g/mol. The molecule has 0 aliphatic heterocycles. The number of thioether (sulfide) groups is 1. The summed E-state index contributed by atoms with van der Waals surface area (Å²) in [4.78, 5) is 19.1. The molecule has 1 aromatic heterocycles. The van der Waals surface area contributed by atoms with Gasteiger partial charge in [-0.05, 0) is 30.7 Å². The fraction of sp³-hybridized carbons (Fsp3) is 0.389. The van der Waals surface area contributed by atoms with Gasteiger partial charge in [0.15, 0.2) is 5.16 Å². The van der Waals surface area contributed by atoms with E-state index in [0.717, 1.165) is 24.0 Å². The van der Waals surface area contributed by atoms with Gasteiger partial charge in [-0.3, -0.25) is 4.79 Å². The molecule has 1 aromatic carbocycles. The van der Waals surface area contributed by atoms with Gasteiger partial charge in [-0.2, -0.15) is 5.26 Å². The second-order valence-corrected chi connectivity index (χ2v) is 6.62. The van der Waals surface area contributed by atoms with Crippen LogP contribution in [-0.4, -0.2) is 22.3 Å². The molecule has 1 aliphatic carbocycles. The number of H-pyrrole nitrogens is 1. The van der Waals surface area contributed by atoms with Crippen LogP contribution in [0.4, 0.5) is 0 Å². The number of rotatable bonds is 5. The van der Waals surface area contributed by atoms with Crippen molar-refractivity contribution < 1.29 is 4.74 Å². The molecule has 5 nitrogen and oxygen atoms in total. The van der Waals surface area contributed by atoms with E-state index >= 15 is 0 Å². The average Bonchev–Trinajstić information content (AvgIpc) is 3.13. The summed E-state index contributed by atoms with van der Waals surface area (Å²) >= 11 is 1.34. The number of nitrogens with zero attached hydrogens (tertiary/aromatic N) is 2. The predicted molar refractivity (Wildman–Crippen MR) is 93.8 cm³/mol. The van der Waals surface area contributed by atoms with E-state index in [2.05, 4.69) is 9.97 Å². The smallest absolute Gasteiger partial charge is 0.270 e. The maximum absolute atomic E-state index is 12.1. The van der Waals surface area contributed by atoms with Gasteiger partial charge in [-0.15, -0.1) is 0 Å². The van der Waals surface area contributed by atoms with Gasteiger partial charge in [0.25, 0.3) is 5.56 Å². The second-order valence-electron chi connectivity index (χ2n) is 5.83. The van der Waals surface area contributed by atoms with Crippen molar-refractivity contribution >= 4 is 11.8 Å². The lowest BCUT2D eigenvalue weighted by molar-refractivity contribution is 0.0457. The summed E-state index contributed by atoms with van der Waals surface area (Å²) in [6, 6.07) is 9.68. The summed E-state index contributed by atoms with van der Waals surface area (Å²) < 4.78 is 5.95. The van der Waals surface area contributed by atoms with Crippen molar-refractivity contribution in [1.82, 2.24) is 9.97 Å². The summed E-state index contributed by atoms with van der Waals surface area (Å²) in [6.07, 6.45) is 6.93. The summed E-state index contributed by atoms with van der Waals surface area (Å²) in [5.41, 5.74) is 1.85. The normalized spacial score (nSPS) is 14.7. The second kappa shape index (κ2) is 7.65. The van der Waals surface area contributed by atoms with Crippen molar-refractivity contribution in [2.75, 3.05) is 6.26 Å². The standard InChI is InChI=1S/C18H19N3O2S/c1-24-18-20-16(15(10-19)17(22)21-18)13-6-4-5-12(9-13)11-23-14-7-2-3-8-14/h4-6,9,14H,2-3,7-8,11H2,1H3,(H,20,21,22). The number of nitriles is 1. The highest BCUT2D eigenvalue weighted by Gasteiger charge is 2.16. The Bertz CT molecular complexity index is 820. The minimum atomic E-state index is -0.403. The minimum absolute atomic E-state index is 0.0432. The third kappa shape index (κ3) is 3.69. The largest absolute Gasteiger partial charge is 0.374 e. The molecule has 6 heteroatoms. The minimum Gasteiger partial charge on any atom is -0.374 e. The van der Waals surface area contributed by atoms with Crippen LogP contribution in [0.15, 0.2) is 34.2 Å². The van der Waals surface area contributed by atoms with Crippen molar-refractivity contribution in [3.05, 3.63) is 45.7 Å². The van der Waals surface area contributed by atoms with E-state index in [-0.39, 0.29) is 5.56 Å². The van der Waals surface area contributed by atoms with Crippen LogP contribution in [0.3, 0.4) is 0 Å². The third-order valence-corrected chi connectivity index (χ3v) is 4.77. The molecule has 1 N–H and O–H groups in total. The van der Waals surface area contributed by atoms with E-state index in [9.17, 15) is 10.1 Å². The van der Waals surface area contributed by atoms with Crippen molar-refractivity contribution in [2.24, 2.45) is 0 Å². The van der Waals surface area contributed by atoms with Gasteiger partial charge < -0.3 is 9.72 Å². The molecule has 0 bridgehead atoms. The van der Waals surface area contributed by atoms with Crippen LogP contribution in [0.1, 0.15) is 36.8 Å². The maximum Gasteiger partial charge on any atom is 0.270 e. The van der Waals surface area contributed by atoms with Crippen LogP contribution in [0.5, 0.6) is 0 Å². The fourth-order valence-corrected chi connectivity index (χ4v) is 3.32. The Morgan fingerprint density at radius 3 is 2.92 bits per heavy atom. The number of aromatic nitrogens is 2. The van der Waals surface area contributed by atoms with Crippen LogP contribution in [0, 0.1) is 11.3 Å². The van der Waals surface area contributed by atoms with E-state index < -0.39 is 5.56 Å². The SMILES string of the molecule is CSc1nc(-c2cccc(COC3CCCC3)c2)c(C#N)c(=O)[nH]1. The molecular formula is C18H19N3O2S. The van der Waals surface area contributed by atoms with Gasteiger partial charge >= 0.3 is 0 Å². The first-order valence-corrected chi connectivity index (χ1v) is 9.23. The summed E-state index contributed by atoms with van der Waals surface area (Å²) in [6.45, 7) is 0.541. The number of hydrogen-bond donors (Lipinski definition) is 1. The molecular weight excluding hydrogens is 322 g/mol. The molecule has 1 heterocycles. The predicted octanol–water partition coefficient (Wildman–Crippen LogP) is 3.49. The van der Waals surface area contributed by atoms with Crippen LogP contribution in [0.25, 0.3) is 11.3 Å². The molecule has 0 saturated heterocycles. The van der Waals surface area contributed by atoms with Crippen LogP contribution in [-0.2, 0) is 11.3 Å². The molecule has 124 valence electrons. The Hall–Kier alpha value is -2.10. The zero-order valence-corrected chi connectivity index (χ0v) is 14.4. The summed E-state index contributed by atoms with van der Waals surface area (Å²) in [5.74, 6) is 0. The molecule has 0 radical (unpaired) electrons. The molecule has 3 rings (SSSR count). The molecule has 2 aromatic rings. The first-order valence-electron chi connectivity index (χ1n) is 8.00. The van der Waals surface area contributed by atoms with E-state index in [1.807, 2.05) is 36.6 Å².